The van der Waals surface area contributed by atoms with Gasteiger partial charge in [-0.1, -0.05) is 18.2 Å². The molecule has 2 heterocycles. The molecule has 1 aromatic heterocycles. The lowest BCUT2D eigenvalue weighted by atomic mass is 9.98. The summed E-state index contributed by atoms with van der Waals surface area (Å²) in [5.74, 6) is 1.23. The Hall–Kier alpha value is -1.19. The van der Waals surface area contributed by atoms with Gasteiger partial charge in [-0.05, 0) is 60.9 Å². The van der Waals surface area contributed by atoms with Gasteiger partial charge in [0.2, 0.25) is 0 Å². The van der Waals surface area contributed by atoms with Gasteiger partial charge in [0.25, 0.3) is 0 Å². The number of nitrogens with zero attached hydrogens (tertiary/aromatic N) is 2. The Labute approximate surface area is 188 Å². The lowest BCUT2D eigenvalue weighted by Gasteiger charge is -2.32. The summed E-state index contributed by atoms with van der Waals surface area (Å²) in [5, 5.41) is 8.86. The second-order valence-electron chi connectivity index (χ2n) is 7.21. The standard InChI is InChI=1S/C21H29FN4S.HI/c1-16-7-8-17(11-20(16)22)12-24-21(23-2)25-13-18-5-3-9-26(14-18)15-19-6-4-10-27-19;/h4,6-8,10-11,18H,3,5,9,12-15H2,1-2H3,(H2,23,24,25);1H. The number of aliphatic imine (C=N–C) groups is 1. The fourth-order valence-corrected chi connectivity index (χ4v) is 4.22. The summed E-state index contributed by atoms with van der Waals surface area (Å²) in [5.41, 5.74) is 1.59. The van der Waals surface area contributed by atoms with Gasteiger partial charge in [-0.25, -0.2) is 4.39 Å². The average molecular weight is 516 g/mol. The summed E-state index contributed by atoms with van der Waals surface area (Å²) in [6, 6.07) is 9.68. The zero-order valence-corrected chi connectivity index (χ0v) is 19.7. The maximum Gasteiger partial charge on any atom is 0.191 e. The van der Waals surface area contributed by atoms with Crippen molar-refractivity contribution in [2.24, 2.45) is 10.9 Å². The Morgan fingerprint density at radius 3 is 2.89 bits per heavy atom. The molecular weight excluding hydrogens is 486 g/mol. The summed E-state index contributed by atoms with van der Waals surface area (Å²) in [4.78, 5) is 8.28. The number of hydrogen-bond donors (Lipinski definition) is 2. The van der Waals surface area contributed by atoms with E-state index in [1.807, 2.05) is 23.5 Å². The van der Waals surface area contributed by atoms with E-state index in [-0.39, 0.29) is 29.8 Å². The van der Waals surface area contributed by atoms with Gasteiger partial charge in [0.05, 0.1) is 0 Å². The van der Waals surface area contributed by atoms with Crippen LogP contribution in [0, 0.1) is 18.7 Å². The zero-order chi connectivity index (χ0) is 19.1. The molecule has 1 aliphatic rings. The summed E-state index contributed by atoms with van der Waals surface area (Å²) in [6.45, 7) is 6.60. The molecule has 2 N–H and O–H groups in total. The van der Waals surface area contributed by atoms with E-state index in [1.54, 1.807) is 20.0 Å². The lowest BCUT2D eigenvalue weighted by Crippen LogP contribution is -2.44. The van der Waals surface area contributed by atoms with Crippen LogP contribution in [0.4, 0.5) is 4.39 Å². The molecule has 1 unspecified atom stereocenters. The van der Waals surface area contributed by atoms with Crippen LogP contribution in [0.25, 0.3) is 0 Å². The van der Waals surface area contributed by atoms with Gasteiger partial charge in [-0.2, -0.15) is 0 Å². The molecular formula is C21H30FIN4S. The van der Waals surface area contributed by atoms with E-state index in [0.29, 0.717) is 18.0 Å². The lowest BCUT2D eigenvalue weighted by molar-refractivity contribution is 0.169. The highest BCUT2D eigenvalue weighted by molar-refractivity contribution is 14.0. The van der Waals surface area contributed by atoms with Crippen molar-refractivity contribution < 1.29 is 4.39 Å². The van der Waals surface area contributed by atoms with Crippen LogP contribution in [-0.4, -0.2) is 37.5 Å². The van der Waals surface area contributed by atoms with Crippen molar-refractivity contribution in [1.82, 2.24) is 15.5 Å². The van der Waals surface area contributed by atoms with Gasteiger partial charge in [0.1, 0.15) is 5.82 Å². The molecule has 0 aliphatic carbocycles. The number of likely N-dealkylation sites (tertiary alicyclic amines) is 1. The van der Waals surface area contributed by atoms with Crippen molar-refractivity contribution in [3.05, 3.63) is 57.5 Å². The molecule has 0 bridgehead atoms. The van der Waals surface area contributed by atoms with Gasteiger partial charge in [0.15, 0.2) is 5.96 Å². The predicted molar refractivity (Wildman–Crippen MR) is 127 cm³/mol. The van der Waals surface area contributed by atoms with Crippen LogP contribution < -0.4 is 10.6 Å². The minimum absolute atomic E-state index is 0. The third-order valence-corrected chi connectivity index (χ3v) is 5.90. The predicted octanol–water partition coefficient (Wildman–Crippen LogP) is 4.39. The number of piperidine rings is 1. The van der Waals surface area contributed by atoms with Crippen molar-refractivity contribution in [2.75, 3.05) is 26.7 Å². The van der Waals surface area contributed by atoms with E-state index in [4.69, 9.17) is 0 Å². The number of hydrogen-bond acceptors (Lipinski definition) is 3. The van der Waals surface area contributed by atoms with Crippen LogP contribution in [0.5, 0.6) is 0 Å². The highest BCUT2D eigenvalue weighted by Gasteiger charge is 2.20. The normalized spacial score (nSPS) is 17.8. The summed E-state index contributed by atoms with van der Waals surface area (Å²) in [6.07, 6.45) is 2.49. The number of halogens is 2. The van der Waals surface area contributed by atoms with E-state index in [1.165, 1.54) is 24.3 Å². The third-order valence-electron chi connectivity index (χ3n) is 5.04. The Morgan fingerprint density at radius 1 is 1.32 bits per heavy atom. The smallest absolute Gasteiger partial charge is 0.191 e. The largest absolute Gasteiger partial charge is 0.356 e. The Bertz CT molecular complexity index is 751. The number of aryl methyl sites for hydroxylation is 1. The van der Waals surface area contributed by atoms with Crippen LogP contribution in [0.1, 0.15) is 28.8 Å². The number of thiophene rings is 1. The van der Waals surface area contributed by atoms with Crippen molar-refractivity contribution >= 4 is 41.3 Å². The van der Waals surface area contributed by atoms with E-state index < -0.39 is 0 Å². The number of rotatable bonds is 6. The van der Waals surface area contributed by atoms with E-state index in [0.717, 1.165) is 31.2 Å². The molecule has 1 atom stereocenters. The van der Waals surface area contributed by atoms with Crippen molar-refractivity contribution in [2.45, 2.75) is 32.9 Å². The first-order chi connectivity index (χ1) is 13.1. The Kier molecular flexibility index (Phi) is 9.67. The Balaban J connectivity index is 0.00000280. The third kappa shape index (κ3) is 7.00. The molecule has 1 fully saturated rings. The van der Waals surface area contributed by atoms with Gasteiger partial charge >= 0.3 is 0 Å². The first-order valence-electron chi connectivity index (χ1n) is 9.58. The SMILES string of the molecule is CN=C(NCc1ccc(C)c(F)c1)NCC1CCCN(Cc2cccs2)C1.I. The topological polar surface area (TPSA) is 39.7 Å². The summed E-state index contributed by atoms with van der Waals surface area (Å²) < 4.78 is 13.7. The van der Waals surface area contributed by atoms with Crippen LogP contribution in [0.15, 0.2) is 40.7 Å². The molecule has 154 valence electrons. The maximum atomic E-state index is 13.7. The Morgan fingerprint density at radius 2 is 2.18 bits per heavy atom. The molecule has 7 heteroatoms. The van der Waals surface area contributed by atoms with Crippen LogP contribution in [-0.2, 0) is 13.1 Å². The molecule has 1 aromatic carbocycles. The monoisotopic (exact) mass is 516 g/mol. The number of guanidine groups is 1. The van der Waals surface area contributed by atoms with E-state index in [2.05, 4.69) is 38.0 Å². The van der Waals surface area contributed by atoms with Gasteiger partial charge in [0, 0.05) is 38.1 Å². The number of benzene rings is 1. The second kappa shape index (κ2) is 11.7. The summed E-state index contributed by atoms with van der Waals surface area (Å²) >= 11 is 1.83. The zero-order valence-electron chi connectivity index (χ0n) is 16.6. The average Bonchev–Trinajstić information content (AvgIpc) is 3.18. The molecule has 2 aromatic rings. The van der Waals surface area contributed by atoms with Crippen LogP contribution >= 0.6 is 35.3 Å². The van der Waals surface area contributed by atoms with E-state index in [9.17, 15) is 4.39 Å². The first-order valence-corrected chi connectivity index (χ1v) is 10.5. The molecule has 4 nitrogen and oxygen atoms in total. The molecule has 0 amide bonds. The van der Waals surface area contributed by atoms with Crippen LogP contribution in [0.2, 0.25) is 0 Å². The highest BCUT2D eigenvalue weighted by atomic mass is 127. The van der Waals surface area contributed by atoms with Crippen molar-refractivity contribution in [1.29, 1.82) is 0 Å². The van der Waals surface area contributed by atoms with Gasteiger partial charge < -0.3 is 10.6 Å². The quantitative estimate of drug-likeness (QED) is 0.340. The van der Waals surface area contributed by atoms with Crippen LogP contribution in [0.3, 0.4) is 0 Å². The highest BCUT2D eigenvalue weighted by Crippen LogP contribution is 2.20. The maximum absolute atomic E-state index is 13.7. The summed E-state index contributed by atoms with van der Waals surface area (Å²) in [7, 11) is 1.77. The number of nitrogens with one attached hydrogen (secondary N) is 2. The fraction of sp³-hybridized carbons (Fsp3) is 0.476. The molecule has 1 aliphatic heterocycles. The van der Waals surface area contributed by atoms with Gasteiger partial charge in [-0.3, -0.25) is 9.89 Å². The van der Waals surface area contributed by atoms with Crippen molar-refractivity contribution in [3.63, 3.8) is 0 Å². The molecule has 0 spiro atoms. The first kappa shape index (κ1) is 23.1. The molecule has 1 saturated heterocycles. The minimum atomic E-state index is -0.162. The minimum Gasteiger partial charge on any atom is -0.356 e. The fourth-order valence-electron chi connectivity index (χ4n) is 3.48. The van der Waals surface area contributed by atoms with Gasteiger partial charge in [-0.15, -0.1) is 35.3 Å². The molecule has 28 heavy (non-hydrogen) atoms. The second-order valence-corrected chi connectivity index (χ2v) is 8.25. The molecule has 3 rings (SSSR count). The molecule has 0 saturated carbocycles. The molecule has 0 radical (unpaired) electrons. The van der Waals surface area contributed by atoms with Crippen molar-refractivity contribution in [3.8, 4) is 0 Å². The van der Waals surface area contributed by atoms with E-state index >= 15 is 0 Å².